The molecule has 1 aromatic carbocycles. The van der Waals surface area contributed by atoms with Crippen LogP contribution in [0.25, 0.3) is 0 Å². The van der Waals surface area contributed by atoms with Crippen LogP contribution >= 0.6 is 0 Å². The van der Waals surface area contributed by atoms with Gasteiger partial charge in [-0.15, -0.1) is 0 Å². The third-order valence-electron chi connectivity index (χ3n) is 8.43. The predicted octanol–water partition coefficient (Wildman–Crippen LogP) is 12.5. The number of hydrogen-bond donors (Lipinski definition) is 1. The van der Waals surface area contributed by atoms with Gasteiger partial charge in [-0.05, 0) is 37.1 Å². The van der Waals surface area contributed by atoms with Crippen molar-refractivity contribution in [3.05, 3.63) is 42.1 Å². The van der Waals surface area contributed by atoms with Gasteiger partial charge in [0.15, 0.2) is 5.78 Å². The maximum absolute atomic E-state index is 12.4. The van der Waals surface area contributed by atoms with Crippen molar-refractivity contribution >= 4 is 5.78 Å². The minimum absolute atomic E-state index is 0.0377. The first-order chi connectivity index (χ1) is 20.8. The van der Waals surface area contributed by atoms with Crippen molar-refractivity contribution in [1.29, 1.82) is 0 Å². The summed E-state index contributed by atoms with van der Waals surface area (Å²) in [6.07, 6.45) is 39.0. The van der Waals surface area contributed by atoms with Gasteiger partial charge in [-0.25, -0.2) is 0 Å². The number of unbranched alkanes of at least 4 members (excludes halogenated alkanes) is 24. The van der Waals surface area contributed by atoms with E-state index in [-0.39, 0.29) is 5.78 Å². The molecule has 0 radical (unpaired) electrons. The molecule has 0 aliphatic rings. The second-order valence-corrected chi connectivity index (χ2v) is 12.5. The first kappa shape index (κ1) is 38.3. The summed E-state index contributed by atoms with van der Waals surface area (Å²) in [5.41, 5.74) is 0.710. The van der Waals surface area contributed by atoms with E-state index in [9.17, 15) is 4.79 Å². The molecule has 0 saturated carbocycles. The Hall–Kier alpha value is -1.77. The molecule has 0 fully saturated rings. The van der Waals surface area contributed by atoms with Crippen molar-refractivity contribution in [2.75, 3.05) is 13.2 Å². The van der Waals surface area contributed by atoms with Gasteiger partial charge >= 0.3 is 0 Å². The van der Waals surface area contributed by atoms with Crippen LogP contribution in [0.15, 0.2) is 36.5 Å². The van der Waals surface area contributed by atoms with Gasteiger partial charge in [-0.2, -0.15) is 0 Å². The van der Waals surface area contributed by atoms with Crippen molar-refractivity contribution in [2.45, 2.75) is 181 Å². The third-order valence-corrected chi connectivity index (χ3v) is 8.43. The number of ether oxygens (including phenoxy) is 1. The Morgan fingerprint density at radius 3 is 1.36 bits per heavy atom. The van der Waals surface area contributed by atoms with Gasteiger partial charge in [0.25, 0.3) is 0 Å². The van der Waals surface area contributed by atoms with Crippen LogP contribution in [0.1, 0.15) is 191 Å². The molecule has 0 atom stereocenters. The number of carbonyl (C=O) groups excluding carboxylic acids is 1. The third kappa shape index (κ3) is 24.8. The fourth-order valence-electron chi connectivity index (χ4n) is 5.58. The molecular weight excluding hydrogens is 514 g/mol. The molecule has 1 aromatic rings. The second kappa shape index (κ2) is 30.7. The maximum atomic E-state index is 12.4. The molecule has 0 unspecified atom stereocenters. The molecule has 0 aliphatic carbocycles. The zero-order valence-electron chi connectivity index (χ0n) is 28.1. The molecule has 42 heavy (non-hydrogen) atoms. The van der Waals surface area contributed by atoms with Crippen LogP contribution in [0.2, 0.25) is 0 Å². The summed E-state index contributed by atoms with van der Waals surface area (Å²) in [6.45, 7) is 6.26. The smallest absolute Gasteiger partial charge is 0.187 e. The van der Waals surface area contributed by atoms with Crippen molar-refractivity contribution in [1.82, 2.24) is 5.32 Å². The van der Waals surface area contributed by atoms with E-state index in [0.29, 0.717) is 5.56 Å². The highest BCUT2D eigenvalue weighted by Gasteiger charge is 2.02. The normalized spacial score (nSPS) is 11.4. The van der Waals surface area contributed by atoms with E-state index in [1.807, 2.05) is 30.5 Å². The SMILES string of the molecule is CCCCCCCCCCCCCCCCCCNC=CC(=O)c1ccc(OCCCCCCCCCCCC)cc1. The van der Waals surface area contributed by atoms with Crippen LogP contribution < -0.4 is 10.1 Å². The number of benzene rings is 1. The van der Waals surface area contributed by atoms with E-state index >= 15 is 0 Å². The average molecular weight is 584 g/mol. The molecular formula is C39H69NO2. The number of carbonyl (C=O) groups is 1. The summed E-state index contributed by atoms with van der Waals surface area (Å²) in [7, 11) is 0. The summed E-state index contributed by atoms with van der Waals surface area (Å²) in [5, 5.41) is 3.28. The minimum atomic E-state index is 0.0377. The molecule has 3 heteroatoms. The van der Waals surface area contributed by atoms with Crippen molar-refractivity contribution in [2.24, 2.45) is 0 Å². The lowest BCUT2D eigenvalue weighted by molar-refractivity contribution is 0.104. The molecule has 1 rings (SSSR count). The zero-order chi connectivity index (χ0) is 30.2. The van der Waals surface area contributed by atoms with E-state index in [1.54, 1.807) is 6.08 Å². The summed E-state index contributed by atoms with van der Waals surface area (Å²) in [5.74, 6) is 0.892. The van der Waals surface area contributed by atoms with Crippen LogP contribution in [0, 0.1) is 0 Å². The fourth-order valence-corrected chi connectivity index (χ4v) is 5.58. The lowest BCUT2D eigenvalue weighted by Gasteiger charge is -2.07. The molecule has 3 nitrogen and oxygen atoms in total. The van der Waals surface area contributed by atoms with E-state index in [2.05, 4.69) is 19.2 Å². The fraction of sp³-hybridized carbons (Fsp3) is 0.769. The summed E-state index contributed by atoms with van der Waals surface area (Å²) in [6, 6.07) is 7.58. The van der Waals surface area contributed by atoms with Gasteiger partial charge in [-0.3, -0.25) is 4.79 Å². The van der Waals surface area contributed by atoms with Crippen molar-refractivity contribution in [3.8, 4) is 5.75 Å². The van der Waals surface area contributed by atoms with Crippen LogP contribution in [-0.2, 0) is 0 Å². The van der Waals surface area contributed by atoms with E-state index in [4.69, 9.17) is 4.74 Å². The number of hydrogen-bond acceptors (Lipinski definition) is 3. The van der Waals surface area contributed by atoms with Crippen molar-refractivity contribution < 1.29 is 9.53 Å². The van der Waals surface area contributed by atoms with E-state index in [0.717, 1.165) is 25.3 Å². The van der Waals surface area contributed by atoms with E-state index in [1.165, 1.54) is 161 Å². The topological polar surface area (TPSA) is 38.3 Å². The molecule has 0 aromatic heterocycles. The van der Waals surface area contributed by atoms with Gasteiger partial charge in [0.05, 0.1) is 6.61 Å². The van der Waals surface area contributed by atoms with Crippen molar-refractivity contribution in [3.63, 3.8) is 0 Å². The summed E-state index contributed by atoms with van der Waals surface area (Å²) >= 11 is 0. The first-order valence-corrected chi connectivity index (χ1v) is 18.4. The van der Waals surface area contributed by atoms with Gasteiger partial charge in [-0.1, -0.05) is 168 Å². The highest BCUT2D eigenvalue weighted by atomic mass is 16.5. The molecule has 1 N–H and O–H groups in total. The number of nitrogens with one attached hydrogen (secondary N) is 1. The Balaban J connectivity index is 1.91. The van der Waals surface area contributed by atoms with Gasteiger partial charge < -0.3 is 10.1 Å². The lowest BCUT2D eigenvalue weighted by atomic mass is 10.0. The molecule has 0 spiro atoms. The summed E-state index contributed by atoms with van der Waals surface area (Å²) < 4.78 is 5.87. The Labute approximate surface area is 262 Å². The average Bonchev–Trinajstić information content (AvgIpc) is 3.01. The number of allylic oxidation sites excluding steroid dienone is 1. The minimum Gasteiger partial charge on any atom is -0.494 e. The second-order valence-electron chi connectivity index (χ2n) is 12.5. The van der Waals surface area contributed by atoms with Gasteiger partial charge in [0, 0.05) is 24.4 Å². The molecule has 0 aliphatic heterocycles. The molecule has 0 amide bonds. The molecule has 0 saturated heterocycles. The predicted molar refractivity (Wildman–Crippen MR) is 185 cm³/mol. The Bertz CT molecular complexity index is 726. The summed E-state index contributed by atoms with van der Waals surface area (Å²) in [4.78, 5) is 12.4. The molecule has 0 bridgehead atoms. The number of ketones is 1. The first-order valence-electron chi connectivity index (χ1n) is 18.4. The Kier molecular flexibility index (Phi) is 27.9. The van der Waals surface area contributed by atoms with Gasteiger partial charge in [0.2, 0.25) is 0 Å². The largest absolute Gasteiger partial charge is 0.494 e. The Morgan fingerprint density at radius 2 is 0.929 bits per heavy atom. The molecule has 0 heterocycles. The zero-order valence-corrected chi connectivity index (χ0v) is 28.1. The maximum Gasteiger partial charge on any atom is 0.187 e. The van der Waals surface area contributed by atoms with Crippen LogP contribution in [0.5, 0.6) is 5.75 Å². The highest BCUT2D eigenvalue weighted by Crippen LogP contribution is 2.16. The monoisotopic (exact) mass is 584 g/mol. The molecule has 242 valence electrons. The van der Waals surface area contributed by atoms with Gasteiger partial charge in [0.1, 0.15) is 5.75 Å². The van der Waals surface area contributed by atoms with Crippen LogP contribution in [0.3, 0.4) is 0 Å². The van der Waals surface area contributed by atoms with Crippen LogP contribution in [-0.4, -0.2) is 18.9 Å². The Morgan fingerprint density at radius 1 is 0.548 bits per heavy atom. The van der Waals surface area contributed by atoms with E-state index < -0.39 is 0 Å². The standard InChI is InChI=1S/C39H69NO2/c1-3-5-7-9-11-13-15-16-17-18-19-20-21-23-25-27-34-40-35-33-39(41)37-29-31-38(32-30-37)42-36-28-26-24-22-14-12-10-8-6-4-2/h29-33,35,40H,3-28,34,36H2,1-2H3. The lowest BCUT2D eigenvalue weighted by Crippen LogP contribution is -2.08. The number of rotatable bonds is 32. The highest BCUT2D eigenvalue weighted by molar-refractivity contribution is 6.04. The van der Waals surface area contributed by atoms with Crippen LogP contribution in [0.4, 0.5) is 0 Å². The quantitative estimate of drug-likeness (QED) is 0.0521.